The number of halogens is 2. The van der Waals surface area contributed by atoms with E-state index in [0.717, 1.165) is 10.1 Å². The summed E-state index contributed by atoms with van der Waals surface area (Å²) in [5.74, 6) is -0.0927. The summed E-state index contributed by atoms with van der Waals surface area (Å²) in [5.41, 5.74) is 1.56. The predicted octanol–water partition coefficient (Wildman–Crippen LogP) is 4.25. The number of anilines is 3. The van der Waals surface area contributed by atoms with E-state index in [1.807, 2.05) is 0 Å². The summed E-state index contributed by atoms with van der Waals surface area (Å²) in [5, 5.41) is 15.7. The van der Waals surface area contributed by atoms with Gasteiger partial charge in [0.25, 0.3) is 6.01 Å². The summed E-state index contributed by atoms with van der Waals surface area (Å²) in [6, 6.07) is 11.9. The average Bonchev–Trinajstić information content (AvgIpc) is 3.29. The van der Waals surface area contributed by atoms with Crippen LogP contribution in [0.15, 0.2) is 62.8 Å². The van der Waals surface area contributed by atoms with E-state index in [1.54, 1.807) is 56.6 Å². The fourth-order valence-corrected chi connectivity index (χ4v) is 4.20. The molecule has 0 fully saturated rings. The van der Waals surface area contributed by atoms with E-state index in [9.17, 15) is 14.9 Å². The molecule has 3 heterocycles. The van der Waals surface area contributed by atoms with E-state index < -0.39 is 11.4 Å². The Morgan fingerprint density at radius 1 is 1.08 bits per heavy atom. The van der Waals surface area contributed by atoms with Crippen molar-refractivity contribution in [2.45, 2.75) is 13.5 Å². The molecule has 0 radical (unpaired) electrons. The molecule has 3 aromatic heterocycles. The van der Waals surface area contributed by atoms with Crippen molar-refractivity contribution in [3.05, 3.63) is 96.5 Å². The molecule has 2 N–H and O–H groups in total. The van der Waals surface area contributed by atoms with Crippen LogP contribution in [0, 0.1) is 18.3 Å². The maximum atomic E-state index is 13.8. The lowest BCUT2D eigenvalue weighted by Gasteiger charge is -2.17. The Balaban J connectivity index is 1.69. The summed E-state index contributed by atoms with van der Waals surface area (Å²) in [4.78, 5) is 39.4. The zero-order valence-electron chi connectivity index (χ0n) is 20.0. The molecule has 5 aromatic rings. The van der Waals surface area contributed by atoms with Crippen molar-refractivity contribution in [2.75, 3.05) is 17.7 Å². The minimum atomic E-state index is -0.827. The molecule has 13 heteroatoms. The van der Waals surface area contributed by atoms with Crippen molar-refractivity contribution < 1.29 is 4.42 Å². The highest BCUT2D eigenvalue weighted by Gasteiger charge is 2.19. The number of aryl methyl sites for hydroxylation is 1. The summed E-state index contributed by atoms with van der Waals surface area (Å²) in [6.45, 7) is 1.69. The molecule has 0 saturated carbocycles. The summed E-state index contributed by atoms with van der Waals surface area (Å²) >= 11 is 12.9. The normalized spacial score (nSPS) is 10.9. The summed E-state index contributed by atoms with van der Waals surface area (Å²) in [7, 11) is 1.67. The molecule has 0 spiro atoms. The van der Waals surface area contributed by atoms with Gasteiger partial charge >= 0.3 is 11.4 Å². The average molecular weight is 549 g/mol. The number of nitrogens with one attached hydrogen (secondary N) is 2. The van der Waals surface area contributed by atoms with Crippen LogP contribution in [0.4, 0.5) is 17.7 Å². The van der Waals surface area contributed by atoms with Crippen LogP contribution in [0.25, 0.3) is 16.8 Å². The third-order valence-electron chi connectivity index (χ3n) is 5.63. The molecule has 190 valence electrons. The zero-order valence-corrected chi connectivity index (χ0v) is 21.5. The van der Waals surface area contributed by atoms with Gasteiger partial charge in [0.2, 0.25) is 5.95 Å². The first kappa shape index (κ1) is 25.0. The molecule has 0 unspecified atom stereocenters. The second-order valence-electron chi connectivity index (χ2n) is 8.25. The van der Waals surface area contributed by atoms with Crippen molar-refractivity contribution in [3.8, 4) is 11.8 Å². The second-order valence-corrected chi connectivity index (χ2v) is 9.07. The summed E-state index contributed by atoms with van der Waals surface area (Å²) in [6.07, 6.45) is 3.00. The minimum Gasteiger partial charge on any atom is -0.423 e. The molecular weight excluding hydrogens is 531 g/mol. The molecular formula is C25H18Cl2N8O3. The molecule has 0 aliphatic heterocycles. The van der Waals surface area contributed by atoms with Crippen molar-refractivity contribution in [2.24, 2.45) is 0 Å². The highest BCUT2D eigenvalue weighted by atomic mass is 35.5. The minimum absolute atomic E-state index is 0.0927. The van der Waals surface area contributed by atoms with Crippen molar-refractivity contribution in [1.29, 1.82) is 5.26 Å². The second kappa shape index (κ2) is 10.0. The van der Waals surface area contributed by atoms with E-state index in [4.69, 9.17) is 27.6 Å². The standard InChI is InChI=1S/C25H18Cl2N8O3/c1-13-5-16(11-30-10-13)35-24(36)33-22(31-19-8-21-20(7-18(19)27)32-23(29-2)38-21)34(25(35)37)12-15-6-14(9-28)3-4-17(15)26/h3-8,10-11H,12H2,1-2H3,(H,29,32)(H,31,33,36). The predicted molar refractivity (Wildman–Crippen MR) is 144 cm³/mol. The van der Waals surface area contributed by atoms with Gasteiger partial charge in [-0.3, -0.25) is 9.55 Å². The van der Waals surface area contributed by atoms with Gasteiger partial charge in [0.1, 0.15) is 5.52 Å². The lowest BCUT2D eigenvalue weighted by molar-refractivity contribution is 0.620. The van der Waals surface area contributed by atoms with Gasteiger partial charge in [-0.25, -0.2) is 14.2 Å². The van der Waals surface area contributed by atoms with Gasteiger partial charge in [-0.15, -0.1) is 0 Å². The van der Waals surface area contributed by atoms with Crippen molar-refractivity contribution >= 4 is 52.0 Å². The van der Waals surface area contributed by atoms with Crippen LogP contribution in [-0.4, -0.2) is 31.1 Å². The largest absolute Gasteiger partial charge is 0.423 e. The number of pyridine rings is 1. The summed E-state index contributed by atoms with van der Waals surface area (Å²) < 4.78 is 7.76. The van der Waals surface area contributed by atoms with Gasteiger partial charge in [-0.1, -0.05) is 23.2 Å². The molecule has 38 heavy (non-hydrogen) atoms. The van der Waals surface area contributed by atoms with Crippen LogP contribution in [-0.2, 0) is 6.54 Å². The first-order chi connectivity index (χ1) is 18.3. The fourth-order valence-electron chi connectivity index (χ4n) is 3.82. The molecule has 5 rings (SSSR count). The first-order valence-electron chi connectivity index (χ1n) is 11.2. The number of aromatic nitrogens is 5. The first-order valence-corrected chi connectivity index (χ1v) is 11.9. The van der Waals surface area contributed by atoms with E-state index in [0.29, 0.717) is 39.0 Å². The smallest absolute Gasteiger partial charge is 0.359 e. The third kappa shape index (κ3) is 4.70. The van der Waals surface area contributed by atoms with Gasteiger partial charge in [-0.05, 0) is 48.4 Å². The highest BCUT2D eigenvalue weighted by molar-refractivity contribution is 6.34. The fraction of sp³-hybridized carbons (Fsp3) is 0.120. The van der Waals surface area contributed by atoms with Gasteiger partial charge in [0.15, 0.2) is 5.58 Å². The van der Waals surface area contributed by atoms with Crippen LogP contribution >= 0.6 is 23.2 Å². The number of hydrogen-bond acceptors (Lipinski definition) is 9. The number of oxazole rings is 1. The molecule has 0 saturated heterocycles. The van der Waals surface area contributed by atoms with E-state index in [2.05, 4.69) is 31.7 Å². The molecule has 0 atom stereocenters. The van der Waals surface area contributed by atoms with Crippen LogP contribution in [0.3, 0.4) is 0 Å². The molecule has 0 amide bonds. The quantitative estimate of drug-likeness (QED) is 0.318. The number of hydrogen-bond donors (Lipinski definition) is 2. The SMILES string of the molecule is CNc1nc2cc(Cl)c(Nc3nc(=O)n(-c4cncc(C)c4)c(=O)n3Cc3cc(C#N)ccc3Cl)cc2o1. The zero-order chi connectivity index (χ0) is 27.0. The molecule has 0 bridgehead atoms. The van der Waals surface area contributed by atoms with Crippen LogP contribution in [0.5, 0.6) is 0 Å². The lowest BCUT2D eigenvalue weighted by atomic mass is 10.1. The molecule has 0 aliphatic rings. The van der Waals surface area contributed by atoms with E-state index >= 15 is 0 Å². The van der Waals surface area contributed by atoms with Crippen molar-refractivity contribution in [3.63, 3.8) is 0 Å². The molecule has 2 aromatic carbocycles. The van der Waals surface area contributed by atoms with Crippen molar-refractivity contribution in [1.82, 2.24) is 24.1 Å². The van der Waals surface area contributed by atoms with Gasteiger partial charge in [0, 0.05) is 24.3 Å². The highest BCUT2D eigenvalue weighted by Crippen LogP contribution is 2.31. The van der Waals surface area contributed by atoms with E-state index in [1.165, 1.54) is 10.8 Å². The number of rotatable bonds is 6. The molecule has 0 aliphatic carbocycles. The number of fused-ring (bicyclic) bond motifs is 1. The Kier molecular flexibility index (Phi) is 6.59. The number of nitrogens with zero attached hydrogens (tertiary/aromatic N) is 6. The van der Waals surface area contributed by atoms with Crippen LogP contribution in [0.2, 0.25) is 10.0 Å². The Labute approximate surface area is 224 Å². The lowest BCUT2D eigenvalue weighted by Crippen LogP contribution is -2.41. The van der Waals surface area contributed by atoms with Crippen LogP contribution in [0.1, 0.15) is 16.7 Å². The Hall–Kier alpha value is -4.66. The number of benzene rings is 2. The van der Waals surface area contributed by atoms with Crippen LogP contribution < -0.4 is 22.0 Å². The Morgan fingerprint density at radius 2 is 1.89 bits per heavy atom. The van der Waals surface area contributed by atoms with Gasteiger partial charge in [0.05, 0.1) is 40.8 Å². The Bertz CT molecular complexity index is 1870. The van der Waals surface area contributed by atoms with Gasteiger partial charge in [-0.2, -0.15) is 15.2 Å². The molecule has 11 nitrogen and oxygen atoms in total. The maximum Gasteiger partial charge on any atom is 0.359 e. The Morgan fingerprint density at radius 3 is 2.63 bits per heavy atom. The monoisotopic (exact) mass is 548 g/mol. The number of nitriles is 1. The topological polar surface area (TPSA) is 144 Å². The maximum absolute atomic E-state index is 13.8. The van der Waals surface area contributed by atoms with Gasteiger partial charge < -0.3 is 15.1 Å². The van der Waals surface area contributed by atoms with E-state index in [-0.39, 0.29) is 23.2 Å². The third-order valence-corrected chi connectivity index (χ3v) is 6.31.